The van der Waals surface area contributed by atoms with E-state index in [-0.39, 0.29) is 23.8 Å². The molecule has 0 unspecified atom stereocenters. The summed E-state index contributed by atoms with van der Waals surface area (Å²) in [5, 5.41) is 0. The van der Waals surface area contributed by atoms with Gasteiger partial charge in [0.25, 0.3) is 0 Å². The first-order valence-corrected chi connectivity index (χ1v) is 6.11. The van der Waals surface area contributed by atoms with Crippen molar-refractivity contribution in [2.45, 2.75) is 51.6 Å². The summed E-state index contributed by atoms with van der Waals surface area (Å²) in [6.07, 6.45) is -5.10. The molecule has 0 saturated heterocycles. The van der Waals surface area contributed by atoms with Gasteiger partial charge < -0.3 is 4.74 Å². The van der Waals surface area contributed by atoms with Crippen molar-refractivity contribution in [1.82, 2.24) is 4.98 Å². The SMILES string of the molecule is CC(C)Oc1cnc(C(F)(F)F)c2c1C[C@@H](F)[C@H]2C. The molecule has 1 heterocycles. The van der Waals surface area contributed by atoms with Crippen molar-refractivity contribution in [2.75, 3.05) is 0 Å². The first kappa shape index (κ1) is 14.1. The lowest BCUT2D eigenvalue weighted by Crippen LogP contribution is -2.15. The molecule has 0 radical (unpaired) electrons. The number of pyridine rings is 1. The molecule has 0 aromatic carbocycles. The predicted octanol–water partition coefficient (Wildman–Crippen LogP) is 3.89. The Labute approximate surface area is 108 Å². The van der Waals surface area contributed by atoms with Gasteiger partial charge in [-0.2, -0.15) is 13.2 Å². The number of rotatable bonds is 2. The molecule has 2 atom stereocenters. The van der Waals surface area contributed by atoms with Crippen molar-refractivity contribution in [3.63, 3.8) is 0 Å². The molecular weight excluding hydrogens is 262 g/mol. The van der Waals surface area contributed by atoms with Crippen LogP contribution in [0.3, 0.4) is 0 Å². The van der Waals surface area contributed by atoms with E-state index in [9.17, 15) is 17.6 Å². The lowest BCUT2D eigenvalue weighted by atomic mass is 10.0. The van der Waals surface area contributed by atoms with Gasteiger partial charge in [0.15, 0.2) is 0 Å². The third-order valence-corrected chi connectivity index (χ3v) is 3.22. The molecule has 1 aliphatic rings. The van der Waals surface area contributed by atoms with Gasteiger partial charge in [-0.05, 0) is 19.4 Å². The van der Waals surface area contributed by atoms with Crippen LogP contribution in [-0.4, -0.2) is 17.3 Å². The fraction of sp³-hybridized carbons (Fsp3) is 0.615. The van der Waals surface area contributed by atoms with Gasteiger partial charge in [-0.15, -0.1) is 0 Å². The maximum absolute atomic E-state index is 13.7. The number of halogens is 4. The van der Waals surface area contributed by atoms with E-state index in [4.69, 9.17) is 4.74 Å². The molecule has 0 saturated carbocycles. The summed E-state index contributed by atoms with van der Waals surface area (Å²) in [6, 6.07) is 0. The third kappa shape index (κ3) is 2.53. The second kappa shape index (κ2) is 4.65. The van der Waals surface area contributed by atoms with Crippen LogP contribution in [0, 0.1) is 0 Å². The van der Waals surface area contributed by atoms with E-state index in [0.717, 1.165) is 6.20 Å². The van der Waals surface area contributed by atoms with Gasteiger partial charge in [0.05, 0.1) is 12.3 Å². The molecular formula is C13H15F4NO. The highest BCUT2D eigenvalue weighted by Gasteiger charge is 2.43. The van der Waals surface area contributed by atoms with Gasteiger partial charge in [0, 0.05) is 17.9 Å². The van der Waals surface area contributed by atoms with Gasteiger partial charge in [-0.1, -0.05) is 6.92 Å². The number of fused-ring (bicyclic) bond motifs is 1. The average Bonchev–Trinajstić information content (AvgIpc) is 2.55. The molecule has 1 aromatic heterocycles. The highest BCUT2D eigenvalue weighted by molar-refractivity contribution is 5.48. The Hall–Kier alpha value is -1.33. The molecule has 1 aromatic rings. The fourth-order valence-electron chi connectivity index (χ4n) is 2.38. The van der Waals surface area contributed by atoms with E-state index in [1.165, 1.54) is 6.92 Å². The lowest BCUT2D eigenvalue weighted by molar-refractivity contribution is -0.142. The third-order valence-electron chi connectivity index (χ3n) is 3.22. The first-order chi connectivity index (χ1) is 8.71. The van der Waals surface area contributed by atoms with Crippen molar-refractivity contribution >= 4 is 0 Å². The van der Waals surface area contributed by atoms with E-state index in [1.54, 1.807) is 13.8 Å². The van der Waals surface area contributed by atoms with E-state index >= 15 is 0 Å². The summed E-state index contributed by atoms with van der Waals surface area (Å²) >= 11 is 0. The quantitative estimate of drug-likeness (QED) is 0.765. The van der Waals surface area contributed by atoms with Gasteiger partial charge in [-0.25, -0.2) is 9.37 Å². The van der Waals surface area contributed by atoms with Crippen LogP contribution in [0.2, 0.25) is 0 Å². The molecule has 0 aliphatic heterocycles. The zero-order valence-electron chi connectivity index (χ0n) is 10.9. The Kier molecular flexibility index (Phi) is 3.45. The first-order valence-electron chi connectivity index (χ1n) is 6.11. The standard InChI is InChI=1S/C13H15F4NO/c1-6(2)19-10-5-18-12(13(15,16)17)11-7(3)9(14)4-8(10)11/h5-7,9H,4H2,1-3H3/t7-,9-/m1/s1. The minimum atomic E-state index is -4.57. The number of ether oxygens (including phenoxy) is 1. The highest BCUT2D eigenvalue weighted by atomic mass is 19.4. The normalized spacial score (nSPS) is 22.7. The molecule has 19 heavy (non-hydrogen) atoms. The maximum Gasteiger partial charge on any atom is 0.433 e. The molecule has 2 rings (SSSR count). The number of hydrogen-bond acceptors (Lipinski definition) is 2. The zero-order valence-corrected chi connectivity index (χ0v) is 10.9. The van der Waals surface area contributed by atoms with Gasteiger partial charge in [0.1, 0.15) is 17.6 Å². The largest absolute Gasteiger partial charge is 0.489 e. The molecule has 6 heteroatoms. The smallest absolute Gasteiger partial charge is 0.433 e. The number of aromatic nitrogens is 1. The summed E-state index contributed by atoms with van der Waals surface area (Å²) in [5.41, 5.74) is -0.750. The van der Waals surface area contributed by atoms with Crippen LogP contribution in [0.5, 0.6) is 5.75 Å². The van der Waals surface area contributed by atoms with Gasteiger partial charge >= 0.3 is 6.18 Å². The predicted molar refractivity (Wildman–Crippen MR) is 62.0 cm³/mol. The van der Waals surface area contributed by atoms with Crippen molar-refractivity contribution in [3.05, 3.63) is 23.0 Å². The summed E-state index contributed by atoms with van der Waals surface area (Å²) in [4.78, 5) is 3.44. The zero-order chi connectivity index (χ0) is 14.4. The van der Waals surface area contributed by atoms with E-state index in [1.807, 2.05) is 0 Å². The number of alkyl halides is 4. The second-order valence-corrected chi connectivity index (χ2v) is 5.04. The Balaban J connectivity index is 2.57. The van der Waals surface area contributed by atoms with Crippen LogP contribution in [0.1, 0.15) is 43.5 Å². The highest BCUT2D eigenvalue weighted by Crippen LogP contribution is 2.45. The van der Waals surface area contributed by atoms with Crippen molar-refractivity contribution in [1.29, 1.82) is 0 Å². The Morgan fingerprint density at radius 3 is 2.53 bits per heavy atom. The minimum absolute atomic E-state index is 0.0514. The summed E-state index contributed by atoms with van der Waals surface area (Å²) in [5.74, 6) is -0.556. The number of hydrogen-bond donors (Lipinski definition) is 0. The summed E-state index contributed by atoms with van der Waals surface area (Å²) in [7, 11) is 0. The molecule has 0 bridgehead atoms. The van der Waals surface area contributed by atoms with E-state index in [2.05, 4.69) is 4.98 Å². The molecule has 0 fully saturated rings. The van der Waals surface area contributed by atoms with Crippen molar-refractivity contribution in [3.8, 4) is 5.75 Å². The Morgan fingerprint density at radius 1 is 1.37 bits per heavy atom. The van der Waals surface area contributed by atoms with Crippen LogP contribution < -0.4 is 4.74 Å². The number of nitrogens with zero attached hydrogens (tertiary/aromatic N) is 1. The van der Waals surface area contributed by atoms with Crippen LogP contribution in [0.25, 0.3) is 0 Å². The Morgan fingerprint density at radius 2 is 2.00 bits per heavy atom. The van der Waals surface area contributed by atoms with Gasteiger partial charge in [-0.3, -0.25) is 0 Å². The van der Waals surface area contributed by atoms with Crippen LogP contribution in [0.4, 0.5) is 17.6 Å². The lowest BCUT2D eigenvalue weighted by Gasteiger charge is -2.18. The van der Waals surface area contributed by atoms with Crippen LogP contribution >= 0.6 is 0 Å². The van der Waals surface area contributed by atoms with Crippen LogP contribution in [0.15, 0.2) is 6.20 Å². The second-order valence-electron chi connectivity index (χ2n) is 5.04. The van der Waals surface area contributed by atoms with Crippen molar-refractivity contribution < 1.29 is 22.3 Å². The van der Waals surface area contributed by atoms with Crippen LogP contribution in [-0.2, 0) is 12.6 Å². The minimum Gasteiger partial charge on any atom is -0.489 e. The monoisotopic (exact) mass is 277 g/mol. The van der Waals surface area contributed by atoms with Crippen molar-refractivity contribution in [2.24, 2.45) is 0 Å². The van der Waals surface area contributed by atoms with Gasteiger partial charge in [0.2, 0.25) is 0 Å². The topological polar surface area (TPSA) is 22.1 Å². The fourth-order valence-corrected chi connectivity index (χ4v) is 2.38. The molecule has 2 nitrogen and oxygen atoms in total. The Bertz CT molecular complexity index is 484. The molecule has 0 spiro atoms. The molecule has 106 valence electrons. The average molecular weight is 277 g/mol. The molecule has 0 amide bonds. The summed E-state index contributed by atoms with van der Waals surface area (Å²) < 4.78 is 57.9. The molecule has 0 N–H and O–H groups in total. The summed E-state index contributed by atoms with van der Waals surface area (Å²) in [6.45, 7) is 4.97. The van der Waals surface area contributed by atoms with E-state index in [0.29, 0.717) is 5.56 Å². The molecule has 1 aliphatic carbocycles. The van der Waals surface area contributed by atoms with E-state index < -0.39 is 24.0 Å². The maximum atomic E-state index is 13.7.